The minimum Gasteiger partial charge on any atom is -0.378 e. The molecule has 1 fully saturated rings. The van der Waals surface area contributed by atoms with Gasteiger partial charge in [0, 0.05) is 12.4 Å². The molecule has 0 amide bonds. The fourth-order valence-corrected chi connectivity index (χ4v) is 2.31. The second-order valence-electron chi connectivity index (χ2n) is 3.28. The van der Waals surface area contributed by atoms with Crippen LogP contribution in [0, 0.1) is 0 Å². The minimum atomic E-state index is 0.379. The van der Waals surface area contributed by atoms with Gasteiger partial charge in [0.1, 0.15) is 0 Å². The van der Waals surface area contributed by atoms with Crippen molar-refractivity contribution in [3.63, 3.8) is 0 Å². The predicted octanol–water partition coefficient (Wildman–Crippen LogP) is 1.05. The molecule has 14 heavy (non-hydrogen) atoms. The van der Waals surface area contributed by atoms with E-state index >= 15 is 0 Å². The molecule has 1 aliphatic heterocycles. The Balaban J connectivity index is 1.67. The van der Waals surface area contributed by atoms with Crippen molar-refractivity contribution in [1.82, 2.24) is 15.2 Å². The van der Waals surface area contributed by atoms with Gasteiger partial charge in [0.15, 0.2) is 0 Å². The Labute approximate surface area is 86.8 Å². The van der Waals surface area contributed by atoms with Gasteiger partial charge >= 0.3 is 0 Å². The lowest BCUT2D eigenvalue weighted by Gasteiger charge is -2.06. The largest absolute Gasteiger partial charge is 0.378 e. The van der Waals surface area contributed by atoms with Gasteiger partial charge in [-0.1, -0.05) is 11.8 Å². The SMILES string of the molecule is Nc1nc(SCCC2CCCO2)n[nH]1. The number of ether oxygens (including phenoxy) is 1. The van der Waals surface area contributed by atoms with Crippen molar-refractivity contribution < 1.29 is 4.74 Å². The van der Waals surface area contributed by atoms with Crippen LogP contribution in [0.5, 0.6) is 0 Å². The van der Waals surface area contributed by atoms with Crippen molar-refractivity contribution in [2.75, 3.05) is 18.1 Å². The van der Waals surface area contributed by atoms with E-state index in [1.54, 1.807) is 11.8 Å². The van der Waals surface area contributed by atoms with E-state index in [1.807, 2.05) is 0 Å². The number of hydrogen-bond acceptors (Lipinski definition) is 5. The normalized spacial score (nSPS) is 21.6. The summed E-state index contributed by atoms with van der Waals surface area (Å²) in [6, 6.07) is 0. The second-order valence-corrected chi connectivity index (χ2v) is 4.34. The number of rotatable bonds is 4. The number of hydrogen-bond donors (Lipinski definition) is 2. The molecule has 78 valence electrons. The summed E-state index contributed by atoms with van der Waals surface area (Å²) in [6.07, 6.45) is 3.90. The van der Waals surface area contributed by atoms with E-state index in [0.29, 0.717) is 12.1 Å². The Hall–Kier alpha value is -0.750. The third-order valence-corrected chi connectivity index (χ3v) is 3.06. The number of H-pyrrole nitrogens is 1. The summed E-state index contributed by atoms with van der Waals surface area (Å²) in [5, 5.41) is 7.28. The highest BCUT2D eigenvalue weighted by Gasteiger charge is 2.15. The average Bonchev–Trinajstić information content (AvgIpc) is 2.77. The Morgan fingerprint density at radius 3 is 3.21 bits per heavy atom. The van der Waals surface area contributed by atoms with E-state index in [1.165, 1.54) is 12.8 Å². The molecule has 0 spiro atoms. The maximum atomic E-state index is 5.51. The number of nitrogens with zero attached hydrogens (tertiary/aromatic N) is 2. The van der Waals surface area contributed by atoms with E-state index in [-0.39, 0.29) is 0 Å². The molecule has 2 rings (SSSR count). The van der Waals surface area contributed by atoms with Gasteiger partial charge < -0.3 is 10.5 Å². The standard InChI is InChI=1S/C8H14N4OS/c9-7-10-8(12-11-7)14-5-3-6-2-1-4-13-6/h6H,1-5H2,(H3,9,10,11,12). The van der Waals surface area contributed by atoms with Gasteiger partial charge in [-0.2, -0.15) is 4.98 Å². The van der Waals surface area contributed by atoms with E-state index in [9.17, 15) is 0 Å². The molecule has 1 saturated heterocycles. The lowest BCUT2D eigenvalue weighted by atomic mass is 10.2. The molecule has 3 N–H and O–H groups in total. The van der Waals surface area contributed by atoms with E-state index < -0.39 is 0 Å². The van der Waals surface area contributed by atoms with Crippen LogP contribution < -0.4 is 5.73 Å². The number of aromatic nitrogens is 3. The molecule has 1 aromatic heterocycles. The first-order valence-electron chi connectivity index (χ1n) is 4.77. The average molecular weight is 214 g/mol. The monoisotopic (exact) mass is 214 g/mol. The van der Waals surface area contributed by atoms with Crippen LogP contribution in [0.15, 0.2) is 5.16 Å². The molecule has 1 atom stereocenters. The number of aromatic amines is 1. The zero-order chi connectivity index (χ0) is 9.80. The zero-order valence-corrected chi connectivity index (χ0v) is 8.72. The molecule has 2 heterocycles. The van der Waals surface area contributed by atoms with Crippen molar-refractivity contribution >= 4 is 17.7 Å². The highest BCUT2D eigenvalue weighted by molar-refractivity contribution is 7.99. The van der Waals surface area contributed by atoms with Gasteiger partial charge in [-0.3, -0.25) is 0 Å². The molecule has 0 saturated carbocycles. The third-order valence-electron chi connectivity index (χ3n) is 2.18. The smallest absolute Gasteiger partial charge is 0.216 e. The summed E-state index contributed by atoms with van der Waals surface area (Å²) >= 11 is 1.61. The van der Waals surface area contributed by atoms with Crippen LogP contribution in [0.2, 0.25) is 0 Å². The summed E-state index contributed by atoms with van der Waals surface area (Å²) in [6.45, 7) is 0.920. The fraction of sp³-hybridized carbons (Fsp3) is 0.750. The number of nitrogens with one attached hydrogen (secondary N) is 1. The van der Waals surface area contributed by atoms with Gasteiger partial charge in [0.2, 0.25) is 11.1 Å². The van der Waals surface area contributed by atoms with Crippen LogP contribution in [-0.4, -0.2) is 33.6 Å². The number of nitrogen functional groups attached to an aromatic ring is 1. The van der Waals surface area contributed by atoms with Gasteiger partial charge in [0.25, 0.3) is 0 Å². The van der Waals surface area contributed by atoms with Gasteiger partial charge in [0.05, 0.1) is 6.10 Å². The van der Waals surface area contributed by atoms with Crippen LogP contribution >= 0.6 is 11.8 Å². The lowest BCUT2D eigenvalue weighted by molar-refractivity contribution is 0.109. The molecule has 0 aromatic carbocycles. The van der Waals surface area contributed by atoms with Gasteiger partial charge in [-0.05, 0) is 19.3 Å². The maximum absolute atomic E-state index is 5.51. The topological polar surface area (TPSA) is 76.8 Å². The van der Waals surface area contributed by atoms with E-state index in [4.69, 9.17) is 10.5 Å². The molecule has 5 nitrogen and oxygen atoms in total. The Kier molecular flexibility index (Phi) is 3.26. The van der Waals surface area contributed by atoms with Crippen molar-refractivity contribution in [2.24, 2.45) is 0 Å². The Morgan fingerprint density at radius 1 is 1.64 bits per heavy atom. The van der Waals surface area contributed by atoms with E-state index in [0.717, 1.165) is 23.9 Å². The Morgan fingerprint density at radius 2 is 2.57 bits per heavy atom. The summed E-state index contributed by atoms with van der Waals surface area (Å²) in [5.41, 5.74) is 5.41. The molecule has 1 aliphatic rings. The molecule has 0 bridgehead atoms. The zero-order valence-electron chi connectivity index (χ0n) is 7.90. The van der Waals surface area contributed by atoms with Gasteiger partial charge in [-0.25, -0.2) is 5.10 Å². The fourth-order valence-electron chi connectivity index (χ4n) is 1.48. The summed E-state index contributed by atoms with van der Waals surface area (Å²) in [4.78, 5) is 4.01. The molecule has 6 heteroatoms. The summed E-state index contributed by atoms with van der Waals surface area (Å²) in [5.74, 6) is 1.37. The van der Waals surface area contributed by atoms with Crippen LogP contribution in [0.1, 0.15) is 19.3 Å². The first-order chi connectivity index (χ1) is 6.84. The van der Waals surface area contributed by atoms with Crippen molar-refractivity contribution in [2.45, 2.75) is 30.5 Å². The van der Waals surface area contributed by atoms with Crippen LogP contribution in [0.25, 0.3) is 0 Å². The first-order valence-corrected chi connectivity index (χ1v) is 5.75. The number of anilines is 1. The Bertz CT molecular complexity index is 285. The third kappa shape index (κ3) is 2.62. The minimum absolute atomic E-state index is 0.379. The maximum Gasteiger partial charge on any atom is 0.216 e. The number of thioether (sulfide) groups is 1. The highest BCUT2D eigenvalue weighted by atomic mass is 32.2. The van der Waals surface area contributed by atoms with Gasteiger partial charge in [-0.15, -0.1) is 5.10 Å². The van der Waals surface area contributed by atoms with Crippen molar-refractivity contribution in [3.05, 3.63) is 0 Å². The summed E-state index contributed by atoms with van der Waals surface area (Å²) < 4.78 is 5.51. The molecular formula is C8H14N4OS. The first kappa shape index (κ1) is 9.79. The lowest BCUT2D eigenvalue weighted by Crippen LogP contribution is -2.05. The second kappa shape index (κ2) is 4.65. The molecule has 0 radical (unpaired) electrons. The van der Waals surface area contributed by atoms with Crippen LogP contribution in [-0.2, 0) is 4.74 Å². The van der Waals surface area contributed by atoms with Crippen molar-refractivity contribution in [3.8, 4) is 0 Å². The molecule has 0 aliphatic carbocycles. The van der Waals surface area contributed by atoms with E-state index in [2.05, 4.69) is 15.2 Å². The molecule has 1 aromatic rings. The quantitative estimate of drug-likeness (QED) is 0.732. The number of nitrogens with two attached hydrogens (primary N) is 1. The predicted molar refractivity (Wildman–Crippen MR) is 55.1 cm³/mol. The van der Waals surface area contributed by atoms with Crippen LogP contribution in [0.3, 0.4) is 0 Å². The van der Waals surface area contributed by atoms with Crippen molar-refractivity contribution in [1.29, 1.82) is 0 Å². The molecule has 1 unspecified atom stereocenters. The van der Waals surface area contributed by atoms with Crippen LogP contribution in [0.4, 0.5) is 5.95 Å². The molecular weight excluding hydrogens is 200 g/mol. The highest BCUT2D eigenvalue weighted by Crippen LogP contribution is 2.20. The summed E-state index contributed by atoms with van der Waals surface area (Å²) in [7, 11) is 0.